The molecule has 3 aromatic carbocycles. The molecule has 254 valence electrons. The molecule has 0 radical (unpaired) electrons. The number of aromatic nitrogens is 1. The number of benzene rings is 3. The first-order valence-corrected chi connectivity index (χ1v) is 17.0. The van der Waals surface area contributed by atoms with Crippen LogP contribution in [0.2, 0.25) is 0 Å². The average Bonchev–Trinajstić information content (AvgIpc) is 3.90. The van der Waals surface area contributed by atoms with E-state index in [0.717, 1.165) is 39.9 Å². The van der Waals surface area contributed by atoms with Crippen molar-refractivity contribution in [1.29, 1.82) is 0 Å². The van der Waals surface area contributed by atoms with Crippen molar-refractivity contribution in [2.75, 3.05) is 11.4 Å². The van der Waals surface area contributed by atoms with Crippen LogP contribution in [0.4, 0.5) is 27.6 Å². The number of anilines is 1. The molecule has 5 rings (SSSR count). The average molecular weight is 680 g/mol. The van der Waals surface area contributed by atoms with Gasteiger partial charge < -0.3 is 4.90 Å². The van der Waals surface area contributed by atoms with Gasteiger partial charge in [0.25, 0.3) is 0 Å². The summed E-state index contributed by atoms with van der Waals surface area (Å²) < 4.78 is 74.1. The highest BCUT2D eigenvalue weighted by atomic mass is 32.2. The van der Waals surface area contributed by atoms with E-state index in [1.54, 1.807) is 22.8 Å². The molecule has 1 fully saturated rings. The maximum atomic E-state index is 15.0. The zero-order valence-electron chi connectivity index (χ0n) is 28.4. The van der Waals surface area contributed by atoms with Gasteiger partial charge in [-0.05, 0) is 102 Å². The van der Waals surface area contributed by atoms with Crippen molar-refractivity contribution >= 4 is 17.6 Å². The fourth-order valence-electron chi connectivity index (χ4n) is 5.76. The predicted octanol–water partition coefficient (Wildman–Crippen LogP) is 10.9. The van der Waals surface area contributed by atoms with Gasteiger partial charge in [0.15, 0.2) is 23.3 Å². The summed E-state index contributed by atoms with van der Waals surface area (Å²) in [5.41, 5.74) is 8.97. The first-order valence-electron chi connectivity index (χ1n) is 16.2. The third kappa shape index (κ3) is 7.95. The molecule has 4 aromatic rings. The molecule has 1 heterocycles. The summed E-state index contributed by atoms with van der Waals surface area (Å²) in [6, 6.07) is 14.8. The van der Waals surface area contributed by atoms with E-state index in [9.17, 15) is 22.0 Å². The Balaban J connectivity index is 1.57. The van der Waals surface area contributed by atoms with Gasteiger partial charge in [0, 0.05) is 43.4 Å². The van der Waals surface area contributed by atoms with Crippen molar-refractivity contribution < 1.29 is 22.0 Å². The smallest absolute Gasteiger partial charge is 0.200 e. The van der Waals surface area contributed by atoms with Gasteiger partial charge in [0.05, 0.1) is 0 Å². The van der Waals surface area contributed by atoms with E-state index in [0.29, 0.717) is 30.1 Å². The molecule has 0 bridgehead atoms. The zero-order valence-corrected chi connectivity index (χ0v) is 29.2. The number of pyridine rings is 1. The van der Waals surface area contributed by atoms with Crippen LogP contribution in [0, 0.1) is 42.9 Å². The minimum atomic E-state index is -2.19. The van der Waals surface area contributed by atoms with Gasteiger partial charge in [-0.2, -0.15) is 0 Å². The molecule has 1 aliphatic carbocycles. The topological polar surface area (TPSA) is 19.4 Å². The fourth-order valence-corrected chi connectivity index (χ4v) is 6.78. The van der Waals surface area contributed by atoms with Crippen LogP contribution in [-0.4, -0.2) is 15.8 Å². The van der Waals surface area contributed by atoms with Crippen molar-refractivity contribution in [1.82, 2.24) is 9.29 Å². The summed E-state index contributed by atoms with van der Waals surface area (Å²) in [5, 5.41) is 0. The van der Waals surface area contributed by atoms with E-state index in [1.165, 1.54) is 24.0 Å². The molecule has 3 nitrogen and oxygen atoms in total. The van der Waals surface area contributed by atoms with Crippen molar-refractivity contribution in [2.45, 2.75) is 90.1 Å². The second-order valence-electron chi connectivity index (χ2n) is 13.7. The van der Waals surface area contributed by atoms with Gasteiger partial charge in [-0.15, -0.1) is 0 Å². The second kappa shape index (κ2) is 14.4. The van der Waals surface area contributed by atoms with Crippen LogP contribution in [0.5, 0.6) is 0 Å². The Hall–Kier alpha value is -3.69. The molecule has 48 heavy (non-hydrogen) atoms. The van der Waals surface area contributed by atoms with Crippen molar-refractivity contribution in [2.24, 2.45) is 0 Å². The van der Waals surface area contributed by atoms with Crippen LogP contribution < -0.4 is 4.90 Å². The minimum absolute atomic E-state index is 0.0456. The molecule has 0 atom stereocenters. The minimum Gasteiger partial charge on any atom is -0.340 e. The third-order valence-corrected chi connectivity index (χ3v) is 9.86. The summed E-state index contributed by atoms with van der Waals surface area (Å²) in [6.07, 6.45) is 6.35. The van der Waals surface area contributed by atoms with E-state index in [-0.39, 0.29) is 18.5 Å². The van der Waals surface area contributed by atoms with Crippen LogP contribution in [0.15, 0.2) is 72.0 Å². The molecule has 0 unspecified atom stereocenters. The summed E-state index contributed by atoms with van der Waals surface area (Å²) in [5.74, 6) is -9.34. The number of aryl methyl sites for hydroxylation is 3. The quantitative estimate of drug-likeness (QED) is 0.0642. The summed E-state index contributed by atoms with van der Waals surface area (Å²) >= 11 is 0.484. The Bertz CT molecular complexity index is 1800. The number of nitrogens with zero attached hydrogens (tertiary/aromatic N) is 3. The van der Waals surface area contributed by atoms with Crippen molar-refractivity contribution in [3.8, 4) is 0 Å². The molecule has 0 spiro atoms. The molecule has 9 heteroatoms. The van der Waals surface area contributed by atoms with Crippen molar-refractivity contribution in [3.63, 3.8) is 0 Å². The lowest BCUT2D eigenvalue weighted by atomic mass is 9.84. The van der Waals surface area contributed by atoms with E-state index in [1.807, 2.05) is 19.9 Å². The molecule has 0 saturated heterocycles. The summed E-state index contributed by atoms with van der Waals surface area (Å²) in [7, 11) is 0. The lowest BCUT2D eigenvalue weighted by Crippen LogP contribution is -2.30. The fraction of sp³-hybridized carbons (Fsp3) is 0.359. The normalized spacial score (nSPS) is 13.3. The van der Waals surface area contributed by atoms with E-state index in [2.05, 4.69) is 74.5 Å². The molecular weight excluding hydrogens is 638 g/mol. The number of halogens is 5. The first kappa shape index (κ1) is 35.6. The highest BCUT2D eigenvalue weighted by Crippen LogP contribution is 2.42. The Morgan fingerprint density at radius 3 is 2.15 bits per heavy atom. The lowest BCUT2D eigenvalue weighted by molar-refractivity contribution is 0.359. The lowest BCUT2D eigenvalue weighted by Gasteiger charge is -2.33. The van der Waals surface area contributed by atoms with Crippen LogP contribution in [0.1, 0.15) is 85.4 Å². The molecule has 1 aromatic heterocycles. The van der Waals surface area contributed by atoms with Gasteiger partial charge in [-0.25, -0.2) is 26.3 Å². The number of hydrogen-bond donors (Lipinski definition) is 0. The van der Waals surface area contributed by atoms with Crippen LogP contribution in [0.25, 0.3) is 0 Å². The second-order valence-corrected chi connectivity index (χ2v) is 14.8. The van der Waals surface area contributed by atoms with Gasteiger partial charge in [0.2, 0.25) is 5.82 Å². The van der Waals surface area contributed by atoms with E-state index >= 15 is 0 Å². The third-order valence-electron chi connectivity index (χ3n) is 8.80. The molecule has 1 aliphatic rings. The summed E-state index contributed by atoms with van der Waals surface area (Å²) in [4.78, 5) is 5.34. The maximum Gasteiger partial charge on any atom is 0.200 e. The number of rotatable bonds is 12. The van der Waals surface area contributed by atoms with E-state index in [4.69, 9.17) is 0 Å². The molecule has 0 amide bonds. The molecule has 1 saturated carbocycles. The van der Waals surface area contributed by atoms with Gasteiger partial charge >= 0.3 is 0 Å². The SMILES string of the molecule is C=C(CN(Cc1cnccc1C)Sc1c(F)c(F)c(F)c(F)c1F)N(Cc1cc(C2CC2)cc(C(C)(C)C)c1)c1ccc(C)cc1CC. The number of hydrogen-bond acceptors (Lipinski definition) is 4. The maximum absolute atomic E-state index is 15.0. The Morgan fingerprint density at radius 1 is 0.875 bits per heavy atom. The van der Waals surface area contributed by atoms with Gasteiger partial charge in [-0.3, -0.25) is 4.98 Å². The highest BCUT2D eigenvalue weighted by molar-refractivity contribution is 7.97. The summed E-state index contributed by atoms with van der Waals surface area (Å²) in [6.45, 7) is 17.7. The van der Waals surface area contributed by atoms with E-state index < -0.39 is 34.0 Å². The largest absolute Gasteiger partial charge is 0.340 e. The molecular formula is C39H42F5N3S. The Morgan fingerprint density at radius 2 is 1.54 bits per heavy atom. The van der Waals surface area contributed by atoms with Gasteiger partial charge in [0.1, 0.15) is 4.90 Å². The van der Waals surface area contributed by atoms with Crippen LogP contribution in [0.3, 0.4) is 0 Å². The van der Waals surface area contributed by atoms with Crippen LogP contribution in [-0.2, 0) is 24.9 Å². The van der Waals surface area contributed by atoms with Crippen LogP contribution >= 0.6 is 11.9 Å². The Kier molecular flexibility index (Phi) is 10.7. The predicted molar refractivity (Wildman–Crippen MR) is 184 cm³/mol. The highest BCUT2D eigenvalue weighted by Gasteiger charge is 2.30. The van der Waals surface area contributed by atoms with Gasteiger partial charge in [-0.1, -0.05) is 70.2 Å². The standard InChI is InChI=1S/C39H42F5N3S/c1-8-27-15-23(2)9-12-32(27)47(21-26-16-29(28-10-11-28)18-31(17-26)39(5,6)7)25(4)20-46(22-30-19-45-14-13-24(30)3)48-38-36(43)34(41)33(40)35(42)37(38)44/h9,12-19,28H,4,8,10-11,20-22H2,1-3,5-7H3. The monoisotopic (exact) mass is 679 g/mol. The first-order chi connectivity index (χ1) is 22.7. The Labute approximate surface area is 285 Å². The zero-order chi connectivity index (χ0) is 34.9. The molecule has 0 aliphatic heterocycles. The van der Waals surface area contributed by atoms with Crippen molar-refractivity contribution in [3.05, 3.63) is 135 Å². The molecule has 0 N–H and O–H groups in total.